The number of hydrogen-bond donors (Lipinski definition) is 1. The van der Waals surface area contributed by atoms with Crippen molar-refractivity contribution in [2.75, 3.05) is 0 Å². The Bertz CT molecular complexity index is 377. The minimum absolute atomic E-state index is 0.0260. The van der Waals surface area contributed by atoms with Crippen molar-refractivity contribution in [2.45, 2.75) is 20.3 Å². The van der Waals surface area contributed by atoms with Gasteiger partial charge in [0.2, 0.25) is 0 Å². The fourth-order valence-corrected chi connectivity index (χ4v) is 1.20. The van der Waals surface area contributed by atoms with Gasteiger partial charge in [-0.15, -0.1) is 0 Å². The average molecular weight is 201 g/mol. The summed E-state index contributed by atoms with van der Waals surface area (Å²) >= 11 is 0. The number of alkyl halides is 2. The summed E-state index contributed by atoms with van der Waals surface area (Å²) in [6.07, 6.45) is -2.74. The fourth-order valence-electron chi connectivity index (χ4n) is 1.20. The molecule has 0 radical (unpaired) electrons. The van der Waals surface area contributed by atoms with E-state index in [-0.39, 0.29) is 16.8 Å². The minimum atomic E-state index is -2.74. The van der Waals surface area contributed by atoms with Crippen LogP contribution in [0, 0.1) is 13.8 Å². The Morgan fingerprint density at radius 3 is 2.50 bits per heavy atom. The molecule has 5 heteroatoms. The monoisotopic (exact) mass is 201 g/mol. The molecule has 0 aliphatic carbocycles. The standard InChI is InChI=1S/C9H9F2NO2/c1-4-3-6(9(13)14)5(2)7(12-4)8(10)11/h3,8H,1-2H3,(H,13,14). The van der Waals surface area contributed by atoms with Crippen LogP contribution in [0.3, 0.4) is 0 Å². The van der Waals surface area contributed by atoms with Crippen LogP contribution in [-0.2, 0) is 0 Å². The molecule has 76 valence electrons. The maximum absolute atomic E-state index is 12.4. The van der Waals surface area contributed by atoms with Crippen LogP contribution in [0.4, 0.5) is 8.78 Å². The van der Waals surface area contributed by atoms with Gasteiger partial charge >= 0.3 is 5.97 Å². The number of carboxylic acid groups (broad SMARTS) is 1. The normalized spacial score (nSPS) is 10.6. The predicted octanol–water partition coefficient (Wildman–Crippen LogP) is 2.33. The Morgan fingerprint density at radius 2 is 2.07 bits per heavy atom. The van der Waals surface area contributed by atoms with E-state index in [1.165, 1.54) is 19.9 Å². The zero-order valence-electron chi connectivity index (χ0n) is 7.71. The van der Waals surface area contributed by atoms with E-state index in [0.717, 1.165) is 0 Å². The van der Waals surface area contributed by atoms with E-state index in [1.807, 2.05) is 0 Å². The van der Waals surface area contributed by atoms with Gasteiger partial charge in [0.15, 0.2) is 0 Å². The first-order valence-electron chi connectivity index (χ1n) is 3.93. The highest BCUT2D eigenvalue weighted by Gasteiger charge is 2.18. The van der Waals surface area contributed by atoms with Crippen LogP contribution >= 0.6 is 0 Å². The molecule has 0 amide bonds. The molecule has 14 heavy (non-hydrogen) atoms. The van der Waals surface area contributed by atoms with E-state index >= 15 is 0 Å². The summed E-state index contributed by atoms with van der Waals surface area (Å²) in [6.45, 7) is 2.81. The number of aromatic carboxylic acids is 1. The molecular formula is C9H9F2NO2. The Kier molecular flexibility index (Phi) is 2.78. The first kappa shape index (κ1) is 10.6. The van der Waals surface area contributed by atoms with Gasteiger partial charge in [0.05, 0.1) is 5.56 Å². The molecule has 1 rings (SSSR count). The summed E-state index contributed by atoms with van der Waals surface area (Å²) in [5.74, 6) is -1.21. The molecule has 3 nitrogen and oxygen atoms in total. The topological polar surface area (TPSA) is 50.2 Å². The third-order valence-corrected chi connectivity index (χ3v) is 1.88. The van der Waals surface area contributed by atoms with E-state index < -0.39 is 18.1 Å². The van der Waals surface area contributed by atoms with Gasteiger partial charge < -0.3 is 5.11 Å². The number of pyridine rings is 1. The number of aryl methyl sites for hydroxylation is 1. The highest BCUT2D eigenvalue weighted by Crippen LogP contribution is 2.23. The number of hydrogen-bond acceptors (Lipinski definition) is 2. The second-order valence-corrected chi connectivity index (χ2v) is 2.93. The van der Waals surface area contributed by atoms with E-state index in [0.29, 0.717) is 0 Å². The van der Waals surface area contributed by atoms with Gasteiger partial charge in [-0.05, 0) is 25.5 Å². The van der Waals surface area contributed by atoms with Gasteiger partial charge in [-0.3, -0.25) is 4.98 Å². The Hall–Kier alpha value is -1.52. The van der Waals surface area contributed by atoms with Crippen LogP contribution in [-0.4, -0.2) is 16.1 Å². The lowest BCUT2D eigenvalue weighted by Gasteiger charge is -2.08. The molecule has 0 fully saturated rings. The van der Waals surface area contributed by atoms with E-state index in [2.05, 4.69) is 4.98 Å². The lowest BCUT2D eigenvalue weighted by molar-refractivity contribution is 0.0695. The van der Waals surface area contributed by atoms with Crippen LogP contribution < -0.4 is 0 Å². The molecule has 1 aromatic rings. The number of rotatable bonds is 2. The summed E-state index contributed by atoms with van der Waals surface area (Å²) < 4.78 is 24.8. The molecule has 0 aliphatic heterocycles. The Labute approximate surface area is 79.4 Å². The Balaban J connectivity index is 3.40. The van der Waals surface area contributed by atoms with Crippen LogP contribution in [0.25, 0.3) is 0 Å². The van der Waals surface area contributed by atoms with Crippen molar-refractivity contribution in [1.29, 1.82) is 0 Å². The molecule has 0 spiro atoms. The molecule has 1 heterocycles. The summed E-state index contributed by atoms with van der Waals surface area (Å²) in [7, 11) is 0. The molecule has 0 bridgehead atoms. The molecule has 0 saturated carbocycles. The zero-order chi connectivity index (χ0) is 10.9. The first-order chi connectivity index (χ1) is 6.43. The number of halogens is 2. The smallest absolute Gasteiger partial charge is 0.336 e. The van der Waals surface area contributed by atoms with Gasteiger partial charge in [-0.2, -0.15) is 0 Å². The minimum Gasteiger partial charge on any atom is -0.478 e. The number of carbonyl (C=O) groups is 1. The van der Waals surface area contributed by atoms with Gasteiger partial charge in [0.1, 0.15) is 5.69 Å². The van der Waals surface area contributed by atoms with Crippen LogP contribution in [0.1, 0.15) is 33.7 Å². The molecule has 0 unspecified atom stereocenters. The summed E-state index contributed by atoms with van der Waals surface area (Å²) in [5.41, 5.74) is -0.267. The van der Waals surface area contributed by atoms with Crippen LogP contribution in [0.5, 0.6) is 0 Å². The molecule has 0 aliphatic rings. The second-order valence-electron chi connectivity index (χ2n) is 2.93. The molecule has 1 N–H and O–H groups in total. The van der Waals surface area contributed by atoms with Gasteiger partial charge in [-0.1, -0.05) is 0 Å². The Morgan fingerprint density at radius 1 is 1.50 bits per heavy atom. The first-order valence-corrected chi connectivity index (χ1v) is 3.93. The quantitative estimate of drug-likeness (QED) is 0.798. The highest BCUT2D eigenvalue weighted by atomic mass is 19.3. The van der Waals surface area contributed by atoms with Crippen molar-refractivity contribution >= 4 is 5.97 Å². The summed E-state index contributed by atoms with van der Waals surface area (Å²) in [6, 6.07) is 1.28. The number of nitrogens with zero attached hydrogens (tertiary/aromatic N) is 1. The molecule has 0 atom stereocenters. The van der Waals surface area contributed by atoms with Crippen molar-refractivity contribution in [3.8, 4) is 0 Å². The van der Waals surface area contributed by atoms with Gasteiger partial charge in [0, 0.05) is 5.69 Å². The van der Waals surface area contributed by atoms with Crippen molar-refractivity contribution in [3.63, 3.8) is 0 Å². The maximum atomic E-state index is 12.4. The lowest BCUT2D eigenvalue weighted by atomic mass is 10.1. The van der Waals surface area contributed by atoms with E-state index in [4.69, 9.17) is 5.11 Å². The number of carboxylic acids is 1. The molecule has 0 saturated heterocycles. The lowest BCUT2D eigenvalue weighted by Crippen LogP contribution is -2.06. The van der Waals surface area contributed by atoms with Gasteiger partial charge in [-0.25, -0.2) is 13.6 Å². The number of aromatic nitrogens is 1. The molecule has 1 aromatic heterocycles. The average Bonchev–Trinajstić information content (AvgIpc) is 2.07. The third kappa shape index (κ3) is 1.86. The second kappa shape index (κ2) is 3.69. The van der Waals surface area contributed by atoms with Crippen molar-refractivity contribution in [3.05, 3.63) is 28.6 Å². The van der Waals surface area contributed by atoms with Gasteiger partial charge in [0.25, 0.3) is 6.43 Å². The van der Waals surface area contributed by atoms with E-state index in [9.17, 15) is 13.6 Å². The molecule has 0 aromatic carbocycles. The maximum Gasteiger partial charge on any atom is 0.336 e. The zero-order valence-corrected chi connectivity index (χ0v) is 7.71. The fraction of sp³-hybridized carbons (Fsp3) is 0.333. The SMILES string of the molecule is Cc1cc(C(=O)O)c(C)c(C(F)F)n1. The van der Waals surface area contributed by atoms with E-state index in [1.54, 1.807) is 0 Å². The van der Waals surface area contributed by atoms with Crippen molar-refractivity contribution < 1.29 is 18.7 Å². The highest BCUT2D eigenvalue weighted by molar-refractivity contribution is 5.89. The van der Waals surface area contributed by atoms with Crippen LogP contribution in [0.15, 0.2) is 6.07 Å². The third-order valence-electron chi connectivity index (χ3n) is 1.88. The van der Waals surface area contributed by atoms with Crippen LogP contribution in [0.2, 0.25) is 0 Å². The van der Waals surface area contributed by atoms with Crippen molar-refractivity contribution in [2.24, 2.45) is 0 Å². The predicted molar refractivity (Wildman–Crippen MR) is 45.6 cm³/mol. The summed E-state index contributed by atoms with van der Waals surface area (Å²) in [5, 5.41) is 8.72. The largest absolute Gasteiger partial charge is 0.478 e. The molecular weight excluding hydrogens is 192 g/mol. The van der Waals surface area contributed by atoms with Crippen molar-refractivity contribution in [1.82, 2.24) is 4.98 Å². The summed E-state index contributed by atoms with van der Waals surface area (Å²) in [4.78, 5) is 14.3.